The molecule has 0 aliphatic carbocycles. The van der Waals surface area contributed by atoms with Crippen LogP contribution in [-0.4, -0.2) is 19.1 Å². The van der Waals surface area contributed by atoms with Crippen molar-refractivity contribution < 1.29 is 0 Å². The Bertz CT molecular complexity index is 3530. The van der Waals surface area contributed by atoms with E-state index in [1.165, 1.54) is 60.1 Å². The Balaban J connectivity index is 1.14. The van der Waals surface area contributed by atoms with Crippen LogP contribution in [0.1, 0.15) is 0 Å². The summed E-state index contributed by atoms with van der Waals surface area (Å²) in [5.74, 6) is 0.649. The molecule has 0 aliphatic rings. The molecular formula is C54H34N4. The van der Waals surface area contributed by atoms with Crippen LogP contribution in [0.5, 0.6) is 0 Å². The van der Waals surface area contributed by atoms with Crippen LogP contribution in [0.3, 0.4) is 0 Å². The summed E-state index contributed by atoms with van der Waals surface area (Å²) in [6.07, 6.45) is 0. The molecule has 0 saturated carbocycles. The van der Waals surface area contributed by atoms with Crippen LogP contribution in [-0.2, 0) is 0 Å². The largest absolute Gasteiger partial charge is 0.309 e. The average molecular weight is 739 g/mol. The van der Waals surface area contributed by atoms with Crippen LogP contribution >= 0.6 is 0 Å². The first-order valence-electron chi connectivity index (χ1n) is 19.8. The van der Waals surface area contributed by atoms with Crippen LogP contribution in [0, 0.1) is 0 Å². The van der Waals surface area contributed by atoms with Crippen LogP contribution in [0.25, 0.3) is 110 Å². The molecule has 0 radical (unpaired) electrons. The van der Waals surface area contributed by atoms with Crippen molar-refractivity contribution >= 4 is 65.3 Å². The molecule has 12 aromatic rings. The average Bonchev–Trinajstić information content (AvgIpc) is 3.82. The van der Waals surface area contributed by atoms with Gasteiger partial charge in [-0.15, -0.1) is 0 Å². The van der Waals surface area contributed by atoms with Crippen molar-refractivity contribution in [3.63, 3.8) is 0 Å². The third-order valence-corrected chi connectivity index (χ3v) is 11.7. The second-order valence-corrected chi connectivity index (χ2v) is 15.0. The lowest BCUT2D eigenvalue weighted by atomic mass is 10.0. The molecule has 3 aromatic heterocycles. The molecule has 0 N–H and O–H groups in total. The Morgan fingerprint density at radius 1 is 0.293 bits per heavy atom. The van der Waals surface area contributed by atoms with Gasteiger partial charge in [-0.05, 0) is 75.5 Å². The Hall–Kier alpha value is -7.82. The third kappa shape index (κ3) is 4.95. The summed E-state index contributed by atoms with van der Waals surface area (Å²) >= 11 is 0. The highest BCUT2D eigenvalue weighted by Crippen LogP contribution is 2.44. The molecule has 4 nitrogen and oxygen atoms in total. The van der Waals surface area contributed by atoms with Gasteiger partial charge in [0.1, 0.15) is 0 Å². The highest BCUT2D eigenvalue weighted by Gasteiger charge is 2.23. The highest BCUT2D eigenvalue weighted by molar-refractivity contribution is 6.33. The van der Waals surface area contributed by atoms with E-state index in [1.54, 1.807) is 0 Å². The Morgan fingerprint density at radius 3 is 1.52 bits per heavy atom. The van der Waals surface area contributed by atoms with Crippen molar-refractivity contribution in [2.75, 3.05) is 0 Å². The minimum Gasteiger partial charge on any atom is -0.309 e. The quantitative estimate of drug-likeness (QED) is 0.176. The molecule has 0 amide bonds. The molecule has 0 atom stereocenters. The summed E-state index contributed by atoms with van der Waals surface area (Å²) in [6, 6.07) is 73.7. The smallest absolute Gasteiger partial charge is 0.235 e. The summed E-state index contributed by atoms with van der Waals surface area (Å²) in [4.78, 5) is 10.8. The number of hydrogen-bond donors (Lipinski definition) is 0. The zero-order valence-electron chi connectivity index (χ0n) is 31.4. The van der Waals surface area contributed by atoms with Gasteiger partial charge in [0.15, 0.2) is 0 Å². The molecule has 9 aromatic carbocycles. The maximum atomic E-state index is 5.47. The Labute approximate surface area is 334 Å². The molecule has 12 rings (SSSR count). The number of aromatic nitrogens is 4. The standard InChI is InChI=1S/C54H34N4/c1-3-13-35(14-4-1)37-23-25-40(26-24-37)53-43-19-9-11-21-45(43)55-54(56-53)58-48-32-29-39-17-7-8-18-42(39)50(48)52-49(58)34-33-47-51(52)44-20-10-12-22-46(44)57(47)41-30-27-38(28-31-41)36-15-5-2-6-16-36/h1-34H. The third-order valence-electron chi connectivity index (χ3n) is 11.7. The molecule has 0 aliphatic heterocycles. The van der Waals surface area contributed by atoms with Crippen molar-refractivity contribution in [1.29, 1.82) is 0 Å². The van der Waals surface area contributed by atoms with Crippen LogP contribution in [0.4, 0.5) is 0 Å². The molecule has 0 bridgehead atoms. The normalized spacial score (nSPS) is 11.8. The summed E-state index contributed by atoms with van der Waals surface area (Å²) in [5, 5.41) is 8.26. The molecule has 270 valence electrons. The maximum absolute atomic E-state index is 5.47. The van der Waals surface area contributed by atoms with Crippen LogP contribution < -0.4 is 0 Å². The first-order valence-corrected chi connectivity index (χ1v) is 19.8. The van der Waals surface area contributed by atoms with Crippen LogP contribution in [0.15, 0.2) is 206 Å². The number of fused-ring (bicyclic) bond motifs is 10. The van der Waals surface area contributed by atoms with Crippen molar-refractivity contribution in [2.24, 2.45) is 0 Å². The lowest BCUT2D eigenvalue weighted by molar-refractivity contribution is 1.01. The summed E-state index contributed by atoms with van der Waals surface area (Å²) < 4.78 is 4.70. The zero-order chi connectivity index (χ0) is 38.2. The van der Waals surface area contributed by atoms with E-state index in [2.05, 4.69) is 215 Å². The summed E-state index contributed by atoms with van der Waals surface area (Å²) in [7, 11) is 0. The van der Waals surface area contributed by atoms with E-state index < -0.39 is 0 Å². The number of para-hydroxylation sites is 2. The summed E-state index contributed by atoms with van der Waals surface area (Å²) in [6.45, 7) is 0. The first kappa shape index (κ1) is 32.4. The molecule has 4 heteroatoms. The fraction of sp³-hybridized carbons (Fsp3) is 0. The fourth-order valence-electron chi connectivity index (χ4n) is 9.09. The molecule has 0 saturated heterocycles. The van der Waals surface area contributed by atoms with Crippen molar-refractivity contribution in [2.45, 2.75) is 0 Å². The first-order chi connectivity index (χ1) is 28.8. The Morgan fingerprint density at radius 2 is 0.793 bits per heavy atom. The van der Waals surface area contributed by atoms with Gasteiger partial charge in [-0.3, -0.25) is 4.57 Å². The molecule has 0 unspecified atom stereocenters. The van der Waals surface area contributed by atoms with E-state index in [-0.39, 0.29) is 0 Å². The van der Waals surface area contributed by atoms with E-state index in [1.807, 2.05) is 0 Å². The van der Waals surface area contributed by atoms with E-state index in [9.17, 15) is 0 Å². The predicted molar refractivity (Wildman–Crippen MR) is 242 cm³/mol. The van der Waals surface area contributed by atoms with Gasteiger partial charge in [0.05, 0.1) is 33.3 Å². The minimum atomic E-state index is 0.649. The van der Waals surface area contributed by atoms with Crippen molar-refractivity contribution in [3.05, 3.63) is 206 Å². The van der Waals surface area contributed by atoms with Gasteiger partial charge >= 0.3 is 0 Å². The monoisotopic (exact) mass is 738 g/mol. The van der Waals surface area contributed by atoms with Gasteiger partial charge in [-0.25, -0.2) is 9.97 Å². The predicted octanol–water partition coefficient (Wildman–Crippen LogP) is 14.0. The van der Waals surface area contributed by atoms with Gasteiger partial charge in [-0.2, -0.15) is 0 Å². The number of benzene rings is 9. The minimum absolute atomic E-state index is 0.649. The molecule has 3 heterocycles. The topological polar surface area (TPSA) is 35.6 Å². The van der Waals surface area contributed by atoms with Crippen LogP contribution in [0.2, 0.25) is 0 Å². The van der Waals surface area contributed by atoms with Crippen molar-refractivity contribution in [3.8, 4) is 45.1 Å². The van der Waals surface area contributed by atoms with E-state index in [0.29, 0.717) is 5.95 Å². The Kier molecular flexibility index (Phi) is 7.20. The lowest BCUT2D eigenvalue weighted by Crippen LogP contribution is -2.03. The number of hydrogen-bond acceptors (Lipinski definition) is 2. The summed E-state index contributed by atoms with van der Waals surface area (Å²) in [5.41, 5.74) is 13.2. The molecule has 0 fully saturated rings. The number of rotatable bonds is 5. The SMILES string of the molecule is c1ccc(-c2ccc(-c3nc(-n4c5ccc6ccccc6c5c5c6c7ccccc7n(-c7ccc(-c8ccccc8)cc7)c6ccc54)nc4ccccc34)cc2)cc1. The zero-order valence-corrected chi connectivity index (χ0v) is 31.4. The number of nitrogens with zero attached hydrogens (tertiary/aromatic N) is 4. The second-order valence-electron chi connectivity index (χ2n) is 15.0. The van der Waals surface area contributed by atoms with E-state index in [0.717, 1.165) is 44.4 Å². The van der Waals surface area contributed by atoms with E-state index >= 15 is 0 Å². The van der Waals surface area contributed by atoms with E-state index in [4.69, 9.17) is 9.97 Å². The van der Waals surface area contributed by atoms with Gasteiger partial charge in [-0.1, -0.05) is 164 Å². The molecule has 58 heavy (non-hydrogen) atoms. The molecule has 0 spiro atoms. The van der Waals surface area contributed by atoms with Gasteiger partial charge in [0.2, 0.25) is 5.95 Å². The highest BCUT2D eigenvalue weighted by atomic mass is 15.2. The maximum Gasteiger partial charge on any atom is 0.235 e. The molecular weight excluding hydrogens is 705 g/mol. The van der Waals surface area contributed by atoms with Gasteiger partial charge in [0, 0.05) is 38.2 Å². The van der Waals surface area contributed by atoms with Gasteiger partial charge < -0.3 is 4.57 Å². The van der Waals surface area contributed by atoms with Gasteiger partial charge in [0.25, 0.3) is 0 Å². The lowest BCUT2D eigenvalue weighted by Gasteiger charge is -2.12. The fourth-order valence-corrected chi connectivity index (χ4v) is 9.09. The second kappa shape index (κ2) is 12.9. The van der Waals surface area contributed by atoms with Crippen molar-refractivity contribution in [1.82, 2.24) is 19.1 Å².